The Morgan fingerprint density at radius 3 is 3.14 bits per heavy atom. The Balaban J connectivity index is 2.37. The first-order chi connectivity index (χ1) is 6.81. The van der Waals surface area contributed by atoms with Gasteiger partial charge in [-0.1, -0.05) is 0 Å². The predicted molar refractivity (Wildman–Crippen MR) is 48.5 cm³/mol. The van der Waals surface area contributed by atoms with Crippen LogP contribution in [0.15, 0.2) is 22.7 Å². The van der Waals surface area contributed by atoms with E-state index in [-0.39, 0.29) is 5.82 Å². The van der Waals surface area contributed by atoms with Gasteiger partial charge in [-0.25, -0.2) is 4.39 Å². The lowest BCUT2D eigenvalue weighted by Gasteiger charge is -1.97. The number of fused-ring (bicyclic) bond motifs is 1. The SMILES string of the molecule is NCCOc1noc2cc(F)ccc12. The Labute approximate surface area is 79.4 Å². The molecule has 4 nitrogen and oxygen atoms in total. The molecular weight excluding hydrogens is 187 g/mol. The number of ether oxygens (including phenoxy) is 1. The maximum Gasteiger partial charge on any atom is 0.262 e. The molecule has 0 bridgehead atoms. The van der Waals surface area contributed by atoms with Crippen molar-refractivity contribution in [1.29, 1.82) is 0 Å². The van der Waals surface area contributed by atoms with Crippen LogP contribution in [0.2, 0.25) is 0 Å². The number of halogens is 1. The van der Waals surface area contributed by atoms with E-state index >= 15 is 0 Å². The largest absolute Gasteiger partial charge is 0.474 e. The number of benzene rings is 1. The number of hydrogen-bond donors (Lipinski definition) is 1. The van der Waals surface area contributed by atoms with Crippen molar-refractivity contribution >= 4 is 11.0 Å². The lowest BCUT2D eigenvalue weighted by Crippen LogP contribution is -2.10. The van der Waals surface area contributed by atoms with Crippen LogP contribution in [0.4, 0.5) is 4.39 Å². The molecule has 0 saturated carbocycles. The molecule has 0 radical (unpaired) electrons. The molecule has 0 atom stereocenters. The van der Waals surface area contributed by atoms with E-state index in [9.17, 15) is 4.39 Å². The normalized spacial score (nSPS) is 10.7. The fraction of sp³-hybridized carbons (Fsp3) is 0.222. The van der Waals surface area contributed by atoms with Gasteiger partial charge in [-0.15, -0.1) is 0 Å². The molecule has 2 aromatic rings. The van der Waals surface area contributed by atoms with Crippen molar-refractivity contribution in [1.82, 2.24) is 5.16 Å². The summed E-state index contributed by atoms with van der Waals surface area (Å²) >= 11 is 0. The van der Waals surface area contributed by atoms with E-state index in [1.165, 1.54) is 12.1 Å². The highest BCUT2D eigenvalue weighted by Gasteiger charge is 2.09. The number of rotatable bonds is 3. The van der Waals surface area contributed by atoms with E-state index < -0.39 is 0 Å². The summed E-state index contributed by atoms with van der Waals surface area (Å²) in [5.74, 6) is -0.00975. The minimum Gasteiger partial charge on any atom is -0.474 e. The molecule has 0 amide bonds. The minimum atomic E-state index is -0.362. The second-order valence-corrected chi connectivity index (χ2v) is 2.77. The average molecular weight is 196 g/mol. The van der Waals surface area contributed by atoms with Gasteiger partial charge in [0.25, 0.3) is 5.88 Å². The van der Waals surface area contributed by atoms with Gasteiger partial charge in [-0.3, -0.25) is 0 Å². The quantitative estimate of drug-likeness (QED) is 0.803. The number of aromatic nitrogens is 1. The van der Waals surface area contributed by atoms with Crippen LogP contribution in [-0.2, 0) is 0 Å². The van der Waals surface area contributed by atoms with Gasteiger partial charge >= 0.3 is 0 Å². The van der Waals surface area contributed by atoms with Crippen molar-refractivity contribution in [3.05, 3.63) is 24.0 Å². The molecule has 0 spiro atoms. The molecular formula is C9H9FN2O2. The first kappa shape index (κ1) is 8.96. The molecule has 0 saturated heterocycles. The Morgan fingerprint density at radius 2 is 2.36 bits per heavy atom. The van der Waals surface area contributed by atoms with E-state index in [0.717, 1.165) is 0 Å². The fourth-order valence-electron chi connectivity index (χ4n) is 1.15. The summed E-state index contributed by atoms with van der Waals surface area (Å²) in [6, 6.07) is 4.15. The summed E-state index contributed by atoms with van der Waals surface area (Å²) in [6.07, 6.45) is 0. The van der Waals surface area contributed by atoms with Crippen molar-refractivity contribution in [2.45, 2.75) is 0 Å². The van der Waals surface area contributed by atoms with Crippen LogP contribution >= 0.6 is 0 Å². The van der Waals surface area contributed by atoms with Crippen molar-refractivity contribution in [3.8, 4) is 5.88 Å². The third-order valence-corrected chi connectivity index (χ3v) is 1.76. The van der Waals surface area contributed by atoms with Gasteiger partial charge in [0.1, 0.15) is 12.4 Å². The maximum absolute atomic E-state index is 12.7. The van der Waals surface area contributed by atoms with Crippen molar-refractivity contribution in [3.63, 3.8) is 0 Å². The molecule has 0 fully saturated rings. The van der Waals surface area contributed by atoms with Crippen molar-refractivity contribution in [2.75, 3.05) is 13.2 Å². The lowest BCUT2D eigenvalue weighted by molar-refractivity contribution is 0.293. The van der Waals surface area contributed by atoms with Gasteiger partial charge in [-0.2, -0.15) is 0 Å². The second-order valence-electron chi connectivity index (χ2n) is 2.77. The van der Waals surface area contributed by atoms with Crippen LogP contribution in [0.25, 0.3) is 11.0 Å². The van der Waals surface area contributed by atoms with Gasteiger partial charge in [0, 0.05) is 12.6 Å². The smallest absolute Gasteiger partial charge is 0.262 e. The van der Waals surface area contributed by atoms with Crippen LogP contribution in [0.5, 0.6) is 5.88 Å². The standard InChI is InChI=1S/C9H9FN2O2/c10-6-1-2-7-8(5-6)14-12-9(7)13-4-3-11/h1-2,5H,3-4,11H2. The predicted octanol–water partition coefficient (Wildman–Crippen LogP) is 1.30. The molecule has 14 heavy (non-hydrogen) atoms. The molecule has 0 aliphatic heterocycles. The molecule has 5 heteroatoms. The minimum absolute atomic E-state index is 0.352. The molecule has 0 aliphatic rings. The zero-order valence-corrected chi connectivity index (χ0v) is 7.37. The average Bonchev–Trinajstić information content (AvgIpc) is 2.57. The number of hydrogen-bond acceptors (Lipinski definition) is 4. The van der Waals surface area contributed by atoms with Gasteiger partial charge < -0.3 is 15.0 Å². The summed E-state index contributed by atoms with van der Waals surface area (Å²) < 4.78 is 22.8. The van der Waals surface area contributed by atoms with E-state index in [2.05, 4.69) is 5.16 Å². The Kier molecular flexibility index (Phi) is 2.32. The molecule has 1 aromatic carbocycles. The number of nitrogens with two attached hydrogens (primary N) is 1. The third kappa shape index (κ3) is 1.54. The van der Waals surface area contributed by atoms with Crippen LogP contribution in [0.3, 0.4) is 0 Å². The summed E-state index contributed by atoms with van der Waals surface area (Å²) in [5.41, 5.74) is 5.64. The molecule has 74 valence electrons. The maximum atomic E-state index is 12.7. The topological polar surface area (TPSA) is 61.3 Å². The van der Waals surface area contributed by atoms with E-state index in [1.807, 2.05) is 0 Å². The van der Waals surface area contributed by atoms with Crippen molar-refractivity contribution in [2.24, 2.45) is 5.73 Å². The summed E-state index contributed by atoms with van der Waals surface area (Å²) in [5, 5.41) is 4.31. The molecule has 2 rings (SSSR count). The molecule has 1 aromatic heterocycles. The Bertz CT molecular complexity index is 441. The fourth-order valence-corrected chi connectivity index (χ4v) is 1.15. The van der Waals surface area contributed by atoms with E-state index in [0.29, 0.717) is 30.0 Å². The lowest BCUT2D eigenvalue weighted by atomic mass is 10.2. The Morgan fingerprint density at radius 1 is 1.50 bits per heavy atom. The summed E-state index contributed by atoms with van der Waals surface area (Å²) in [4.78, 5) is 0. The highest BCUT2D eigenvalue weighted by molar-refractivity contribution is 5.81. The molecule has 0 unspecified atom stereocenters. The third-order valence-electron chi connectivity index (χ3n) is 1.76. The first-order valence-corrected chi connectivity index (χ1v) is 4.19. The first-order valence-electron chi connectivity index (χ1n) is 4.19. The summed E-state index contributed by atoms with van der Waals surface area (Å²) in [6.45, 7) is 0.758. The molecule has 0 aliphatic carbocycles. The monoisotopic (exact) mass is 196 g/mol. The zero-order chi connectivity index (χ0) is 9.97. The second kappa shape index (κ2) is 3.63. The zero-order valence-electron chi connectivity index (χ0n) is 7.37. The van der Waals surface area contributed by atoms with Gasteiger partial charge in [-0.05, 0) is 17.3 Å². The van der Waals surface area contributed by atoms with Gasteiger partial charge in [0.15, 0.2) is 5.58 Å². The van der Waals surface area contributed by atoms with Gasteiger partial charge in [0.05, 0.1) is 5.39 Å². The molecule has 2 N–H and O–H groups in total. The van der Waals surface area contributed by atoms with Crippen LogP contribution in [0.1, 0.15) is 0 Å². The van der Waals surface area contributed by atoms with Crippen molar-refractivity contribution < 1.29 is 13.7 Å². The van der Waals surface area contributed by atoms with E-state index in [1.54, 1.807) is 6.07 Å². The summed E-state index contributed by atoms with van der Waals surface area (Å²) in [7, 11) is 0. The molecule has 1 heterocycles. The van der Waals surface area contributed by atoms with Gasteiger partial charge in [0.2, 0.25) is 0 Å². The Hall–Kier alpha value is -1.62. The van der Waals surface area contributed by atoms with E-state index in [4.69, 9.17) is 15.0 Å². The highest BCUT2D eigenvalue weighted by atomic mass is 19.1. The number of nitrogens with zero attached hydrogens (tertiary/aromatic N) is 1. The van der Waals surface area contributed by atoms with Crippen LogP contribution in [-0.4, -0.2) is 18.3 Å². The van der Waals surface area contributed by atoms with Crippen LogP contribution < -0.4 is 10.5 Å². The highest BCUT2D eigenvalue weighted by Crippen LogP contribution is 2.24. The van der Waals surface area contributed by atoms with Crippen LogP contribution in [0, 0.1) is 5.82 Å².